The van der Waals surface area contributed by atoms with Crippen LogP contribution in [0.25, 0.3) is 0 Å². The SMILES string of the molecule is CC(C)Oc1cc(SCC2CCCO2)ccc1N. The van der Waals surface area contributed by atoms with Crippen LogP contribution in [0.1, 0.15) is 26.7 Å². The molecule has 0 spiro atoms. The summed E-state index contributed by atoms with van der Waals surface area (Å²) in [5.41, 5.74) is 6.60. The van der Waals surface area contributed by atoms with Crippen molar-refractivity contribution in [1.82, 2.24) is 0 Å². The molecule has 0 radical (unpaired) electrons. The van der Waals surface area contributed by atoms with Crippen molar-refractivity contribution >= 4 is 17.4 Å². The quantitative estimate of drug-likeness (QED) is 0.656. The van der Waals surface area contributed by atoms with Crippen molar-refractivity contribution in [2.24, 2.45) is 0 Å². The van der Waals surface area contributed by atoms with E-state index in [1.54, 1.807) is 0 Å². The van der Waals surface area contributed by atoms with Gasteiger partial charge in [-0.3, -0.25) is 0 Å². The maximum atomic E-state index is 5.90. The van der Waals surface area contributed by atoms with Crippen molar-refractivity contribution in [3.05, 3.63) is 18.2 Å². The lowest BCUT2D eigenvalue weighted by molar-refractivity contribution is 0.129. The smallest absolute Gasteiger partial charge is 0.143 e. The molecule has 2 rings (SSSR count). The fourth-order valence-electron chi connectivity index (χ4n) is 1.93. The van der Waals surface area contributed by atoms with Crippen molar-refractivity contribution in [3.63, 3.8) is 0 Å². The zero-order valence-corrected chi connectivity index (χ0v) is 11.8. The van der Waals surface area contributed by atoms with Crippen LogP contribution in [-0.2, 0) is 4.74 Å². The first-order valence-corrected chi connectivity index (χ1v) is 7.44. The highest BCUT2D eigenvalue weighted by Crippen LogP contribution is 2.30. The van der Waals surface area contributed by atoms with E-state index < -0.39 is 0 Å². The number of nitrogen functional groups attached to an aromatic ring is 1. The third kappa shape index (κ3) is 3.82. The summed E-state index contributed by atoms with van der Waals surface area (Å²) in [7, 11) is 0. The van der Waals surface area contributed by atoms with Crippen LogP contribution in [0.15, 0.2) is 23.1 Å². The van der Waals surface area contributed by atoms with Crippen LogP contribution in [0.5, 0.6) is 5.75 Å². The molecule has 0 saturated carbocycles. The average Bonchev–Trinajstić information content (AvgIpc) is 2.82. The van der Waals surface area contributed by atoms with E-state index in [2.05, 4.69) is 0 Å². The van der Waals surface area contributed by atoms with Gasteiger partial charge in [0, 0.05) is 17.3 Å². The highest BCUT2D eigenvalue weighted by molar-refractivity contribution is 7.99. The molecular weight excluding hydrogens is 246 g/mol. The van der Waals surface area contributed by atoms with Gasteiger partial charge in [0.2, 0.25) is 0 Å². The Labute approximate surface area is 113 Å². The molecule has 1 unspecified atom stereocenters. The van der Waals surface area contributed by atoms with Gasteiger partial charge in [-0.15, -0.1) is 11.8 Å². The minimum atomic E-state index is 0.144. The molecule has 1 fully saturated rings. The van der Waals surface area contributed by atoms with Gasteiger partial charge in [0.25, 0.3) is 0 Å². The second-order valence-corrected chi connectivity index (χ2v) is 5.91. The maximum Gasteiger partial charge on any atom is 0.143 e. The Morgan fingerprint density at radius 2 is 2.33 bits per heavy atom. The summed E-state index contributed by atoms with van der Waals surface area (Å²) in [6.07, 6.45) is 2.92. The second-order valence-electron chi connectivity index (χ2n) is 4.81. The van der Waals surface area contributed by atoms with Crippen LogP contribution < -0.4 is 10.5 Å². The number of benzene rings is 1. The lowest BCUT2D eigenvalue weighted by Crippen LogP contribution is -2.08. The summed E-state index contributed by atoms with van der Waals surface area (Å²) >= 11 is 1.81. The van der Waals surface area contributed by atoms with Gasteiger partial charge in [0.1, 0.15) is 5.75 Å². The summed E-state index contributed by atoms with van der Waals surface area (Å²) in [5, 5.41) is 0. The molecular formula is C14H21NO2S. The summed E-state index contributed by atoms with van der Waals surface area (Å²) in [5.74, 6) is 1.78. The van der Waals surface area contributed by atoms with Crippen LogP contribution in [0.3, 0.4) is 0 Å². The third-order valence-corrected chi connectivity index (χ3v) is 3.93. The monoisotopic (exact) mass is 267 g/mol. The van der Waals surface area contributed by atoms with E-state index in [9.17, 15) is 0 Å². The Bertz CT molecular complexity index is 389. The number of hydrogen-bond donors (Lipinski definition) is 1. The van der Waals surface area contributed by atoms with Gasteiger partial charge in [-0.2, -0.15) is 0 Å². The van der Waals surface area contributed by atoms with Crippen LogP contribution in [0, 0.1) is 0 Å². The van der Waals surface area contributed by atoms with Crippen molar-refractivity contribution in [3.8, 4) is 5.75 Å². The van der Waals surface area contributed by atoms with Crippen LogP contribution in [-0.4, -0.2) is 24.6 Å². The van der Waals surface area contributed by atoms with Crippen LogP contribution >= 0.6 is 11.8 Å². The van der Waals surface area contributed by atoms with E-state index in [-0.39, 0.29) is 6.10 Å². The summed E-state index contributed by atoms with van der Waals surface area (Å²) in [6, 6.07) is 5.98. The van der Waals surface area contributed by atoms with E-state index in [1.807, 2.05) is 43.8 Å². The van der Waals surface area contributed by atoms with Crippen molar-refractivity contribution in [2.45, 2.75) is 43.8 Å². The van der Waals surface area contributed by atoms with E-state index in [1.165, 1.54) is 17.7 Å². The van der Waals surface area contributed by atoms with Gasteiger partial charge < -0.3 is 15.2 Å². The van der Waals surface area contributed by atoms with Gasteiger partial charge in [0.15, 0.2) is 0 Å². The first-order valence-electron chi connectivity index (χ1n) is 6.45. The molecule has 0 aromatic heterocycles. The standard InChI is InChI=1S/C14H21NO2S/c1-10(2)17-14-8-12(5-6-13(14)15)18-9-11-4-3-7-16-11/h5-6,8,10-11H,3-4,7,9,15H2,1-2H3. The molecule has 100 valence electrons. The molecule has 1 saturated heterocycles. The molecule has 1 heterocycles. The van der Waals surface area contributed by atoms with Crippen molar-refractivity contribution in [1.29, 1.82) is 0 Å². The zero-order valence-electron chi connectivity index (χ0n) is 11.0. The first-order chi connectivity index (χ1) is 8.65. The summed E-state index contributed by atoms with van der Waals surface area (Å²) in [4.78, 5) is 1.19. The number of nitrogens with two attached hydrogens (primary N) is 1. The minimum absolute atomic E-state index is 0.144. The molecule has 1 aliphatic rings. The lowest BCUT2D eigenvalue weighted by atomic mass is 10.3. The average molecular weight is 267 g/mol. The Kier molecular flexibility index (Phi) is 4.78. The van der Waals surface area contributed by atoms with Crippen LogP contribution in [0.2, 0.25) is 0 Å². The van der Waals surface area contributed by atoms with Gasteiger partial charge in [-0.05, 0) is 44.9 Å². The van der Waals surface area contributed by atoms with Gasteiger partial charge in [-0.25, -0.2) is 0 Å². The van der Waals surface area contributed by atoms with Crippen molar-refractivity contribution in [2.75, 3.05) is 18.1 Å². The van der Waals surface area contributed by atoms with Gasteiger partial charge in [-0.1, -0.05) is 0 Å². The molecule has 1 aliphatic heterocycles. The predicted molar refractivity (Wildman–Crippen MR) is 76.3 cm³/mol. The number of anilines is 1. The number of rotatable bonds is 5. The Hall–Kier alpha value is -0.870. The molecule has 0 aliphatic carbocycles. The molecule has 0 bridgehead atoms. The molecule has 0 amide bonds. The molecule has 3 nitrogen and oxygen atoms in total. The molecule has 18 heavy (non-hydrogen) atoms. The molecule has 1 aromatic rings. The Balaban J connectivity index is 1.95. The highest BCUT2D eigenvalue weighted by Gasteiger charge is 2.15. The fraction of sp³-hybridized carbons (Fsp3) is 0.571. The predicted octanol–water partition coefficient (Wildman–Crippen LogP) is 3.33. The van der Waals surface area contributed by atoms with Gasteiger partial charge in [0.05, 0.1) is 17.9 Å². The molecule has 2 N–H and O–H groups in total. The minimum Gasteiger partial charge on any atom is -0.489 e. The Morgan fingerprint density at radius 3 is 3.00 bits per heavy atom. The number of thioether (sulfide) groups is 1. The number of hydrogen-bond acceptors (Lipinski definition) is 4. The summed E-state index contributed by atoms with van der Waals surface area (Å²) < 4.78 is 11.3. The Morgan fingerprint density at radius 1 is 1.50 bits per heavy atom. The van der Waals surface area contributed by atoms with Crippen molar-refractivity contribution < 1.29 is 9.47 Å². The lowest BCUT2D eigenvalue weighted by Gasteiger charge is -2.14. The normalized spacial score (nSPS) is 19.4. The van der Waals surface area contributed by atoms with E-state index in [4.69, 9.17) is 15.2 Å². The van der Waals surface area contributed by atoms with Crippen LogP contribution in [0.4, 0.5) is 5.69 Å². The first kappa shape index (κ1) is 13.6. The topological polar surface area (TPSA) is 44.5 Å². The highest BCUT2D eigenvalue weighted by atomic mass is 32.2. The number of ether oxygens (including phenoxy) is 2. The van der Waals surface area contributed by atoms with E-state index in [0.717, 1.165) is 18.1 Å². The molecule has 1 aromatic carbocycles. The fourth-order valence-corrected chi connectivity index (χ4v) is 2.92. The molecule has 1 atom stereocenters. The largest absolute Gasteiger partial charge is 0.489 e. The summed E-state index contributed by atoms with van der Waals surface area (Å²) in [6.45, 7) is 4.92. The van der Waals surface area contributed by atoms with E-state index in [0.29, 0.717) is 11.8 Å². The third-order valence-electron chi connectivity index (χ3n) is 2.81. The molecule has 4 heteroatoms. The van der Waals surface area contributed by atoms with Gasteiger partial charge >= 0.3 is 0 Å². The van der Waals surface area contributed by atoms with E-state index >= 15 is 0 Å². The zero-order chi connectivity index (χ0) is 13.0. The second kappa shape index (κ2) is 6.34. The maximum absolute atomic E-state index is 5.90.